The summed E-state index contributed by atoms with van der Waals surface area (Å²) in [4.78, 5) is 11.4. The molecule has 1 aliphatic heterocycles. The largest absolute Gasteiger partial charge is 0.351 e. The molecule has 2 heteroatoms. The standard InChI is InChI=1S/C11H19NO/c13-10-6-2-5-9-11(12-10)7-3-1-4-8-11/h1-9H2,(H,12,13). The molecule has 1 saturated heterocycles. The molecular weight excluding hydrogens is 162 g/mol. The number of amides is 1. The molecule has 1 amide bonds. The highest BCUT2D eigenvalue weighted by Gasteiger charge is 2.34. The lowest BCUT2D eigenvalue weighted by atomic mass is 9.79. The Labute approximate surface area is 80.1 Å². The molecule has 1 N–H and O–H groups in total. The van der Waals surface area contributed by atoms with Crippen molar-refractivity contribution in [3.05, 3.63) is 0 Å². The minimum absolute atomic E-state index is 0.214. The maximum Gasteiger partial charge on any atom is 0.220 e. The highest BCUT2D eigenvalue weighted by atomic mass is 16.1. The lowest BCUT2D eigenvalue weighted by molar-refractivity contribution is -0.122. The van der Waals surface area contributed by atoms with Gasteiger partial charge < -0.3 is 5.32 Å². The fourth-order valence-corrected chi connectivity index (χ4v) is 2.77. The van der Waals surface area contributed by atoms with E-state index >= 15 is 0 Å². The summed E-state index contributed by atoms with van der Waals surface area (Å²) in [5.41, 5.74) is 0.214. The zero-order valence-corrected chi connectivity index (χ0v) is 8.27. The van der Waals surface area contributed by atoms with Crippen molar-refractivity contribution in [3.63, 3.8) is 0 Å². The normalized spacial score (nSPS) is 28.2. The van der Waals surface area contributed by atoms with Gasteiger partial charge in [0, 0.05) is 12.0 Å². The summed E-state index contributed by atoms with van der Waals surface area (Å²) < 4.78 is 0. The van der Waals surface area contributed by atoms with Gasteiger partial charge in [-0.2, -0.15) is 0 Å². The van der Waals surface area contributed by atoms with E-state index in [1.165, 1.54) is 44.9 Å². The number of carbonyl (C=O) groups excluding carboxylic acids is 1. The van der Waals surface area contributed by atoms with E-state index in [1.807, 2.05) is 0 Å². The summed E-state index contributed by atoms with van der Waals surface area (Å²) in [7, 11) is 0. The lowest BCUT2D eigenvalue weighted by Gasteiger charge is -2.37. The van der Waals surface area contributed by atoms with Crippen molar-refractivity contribution in [2.75, 3.05) is 0 Å². The van der Waals surface area contributed by atoms with Crippen LogP contribution in [0.4, 0.5) is 0 Å². The van der Waals surface area contributed by atoms with Gasteiger partial charge in [0.15, 0.2) is 0 Å². The fourth-order valence-electron chi connectivity index (χ4n) is 2.77. The first-order valence-corrected chi connectivity index (χ1v) is 5.62. The first kappa shape index (κ1) is 9.04. The molecule has 0 unspecified atom stereocenters. The topological polar surface area (TPSA) is 29.1 Å². The maximum absolute atomic E-state index is 11.4. The third kappa shape index (κ3) is 2.04. The Kier molecular flexibility index (Phi) is 2.56. The van der Waals surface area contributed by atoms with Gasteiger partial charge in [0.05, 0.1) is 0 Å². The Morgan fingerprint density at radius 1 is 0.923 bits per heavy atom. The van der Waals surface area contributed by atoms with Crippen molar-refractivity contribution < 1.29 is 4.79 Å². The molecule has 0 atom stereocenters. The molecular formula is C11H19NO. The van der Waals surface area contributed by atoms with E-state index in [4.69, 9.17) is 0 Å². The quantitative estimate of drug-likeness (QED) is 0.610. The molecule has 2 aliphatic rings. The molecule has 2 rings (SSSR count). The molecule has 1 aliphatic carbocycles. The third-order valence-electron chi connectivity index (χ3n) is 3.52. The van der Waals surface area contributed by atoms with Gasteiger partial charge in [0.2, 0.25) is 5.91 Å². The van der Waals surface area contributed by atoms with Gasteiger partial charge >= 0.3 is 0 Å². The van der Waals surface area contributed by atoms with Gasteiger partial charge in [-0.25, -0.2) is 0 Å². The van der Waals surface area contributed by atoms with E-state index in [2.05, 4.69) is 5.32 Å². The zero-order chi connectivity index (χ0) is 9.15. The molecule has 0 bridgehead atoms. The number of hydrogen-bond acceptors (Lipinski definition) is 1. The van der Waals surface area contributed by atoms with Crippen LogP contribution in [0.25, 0.3) is 0 Å². The van der Waals surface area contributed by atoms with E-state index in [0.29, 0.717) is 5.91 Å². The Bertz CT molecular complexity index is 194. The minimum Gasteiger partial charge on any atom is -0.351 e. The first-order valence-electron chi connectivity index (χ1n) is 5.62. The molecule has 0 aromatic heterocycles. The van der Waals surface area contributed by atoms with Crippen LogP contribution in [0.2, 0.25) is 0 Å². The molecule has 0 aromatic carbocycles. The van der Waals surface area contributed by atoms with Crippen molar-refractivity contribution in [2.45, 2.75) is 63.3 Å². The van der Waals surface area contributed by atoms with Gasteiger partial charge in [0.25, 0.3) is 0 Å². The summed E-state index contributed by atoms with van der Waals surface area (Å²) >= 11 is 0. The van der Waals surface area contributed by atoms with Crippen molar-refractivity contribution in [1.82, 2.24) is 5.32 Å². The molecule has 1 spiro atoms. The van der Waals surface area contributed by atoms with Crippen LogP contribution in [0.15, 0.2) is 0 Å². The van der Waals surface area contributed by atoms with Crippen molar-refractivity contribution in [3.8, 4) is 0 Å². The number of hydrogen-bond donors (Lipinski definition) is 1. The Morgan fingerprint density at radius 3 is 2.23 bits per heavy atom. The van der Waals surface area contributed by atoms with Crippen LogP contribution >= 0.6 is 0 Å². The van der Waals surface area contributed by atoms with Crippen LogP contribution in [-0.4, -0.2) is 11.4 Å². The van der Waals surface area contributed by atoms with Gasteiger partial charge in [-0.05, 0) is 25.7 Å². The van der Waals surface area contributed by atoms with Gasteiger partial charge in [0.1, 0.15) is 0 Å². The minimum atomic E-state index is 0.214. The average molecular weight is 181 g/mol. The molecule has 0 radical (unpaired) electrons. The highest BCUT2D eigenvalue weighted by Crippen LogP contribution is 2.34. The SMILES string of the molecule is O=C1CCCCC2(CCCCC2)N1. The predicted octanol–water partition coefficient (Wildman–Crippen LogP) is 2.38. The number of rotatable bonds is 0. The summed E-state index contributed by atoms with van der Waals surface area (Å²) in [6.07, 6.45) is 10.7. The van der Waals surface area contributed by atoms with Gasteiger partial charge in [-0.15, -0.1) is 0 Å². The molecule has 1 saturated carbocycles. The second kappa shape index (κ2) is 3.69. The Hall–Kier alpha value is -0.530. The Balaban J connectivity index is 2.04. The number of carbonyl (C=O) groups is 1. The molecule has 74 valence electrons. The van der Waals surface area contributed by atoms with E-state index in [-0.39, 0.29) is 5.54 Å². The Morgan fingerprint density at radius 2 is 1.54 bits per heavy atom. The van der Waals surface area contributed by atoms with Crippen LogP contribution in [0.1, 0.15) is 57.8 Å². The van der Waals surface area contributed by atoms with E-state index in [0.717, 1.165) is 12.8 Å². The molecule has 1 heterocycles. The van der Waals surface area contributed by atoms with Crippen molar-refractivity contribution in [1.29, 1.82) is 0 Å². The average Bonchev–Trinajstić information content (AvgIpc) is 2.29. The van der Waals surface area contributed by atoms with E-state index < -0.39 is 0 Å². The molecule has 0 aromatic rings. The lowest BCUT2D eigenvalue weighted by Crippen LogP contribution is -2.48. The summed E-state index contributed by atoms with van der Waals surface area (Å²) in [6, 6.07) is 0. The van der Waals surface area contributed by atoms with E-state index in [1.54, 1.807) is 0 Å². The number of nitrogens with one attached hydrogen (secondary N) is 1. The molecule has 2 nitrogen and oxygen atoms in total. The second-order valence-electron chi connectivity index (χ2n) is 4.60. The molecule has 2 fully saturated rings. The van der Waals surface area contributed by atoms with Crippen molar-refractivity contribution >= 4 is 5.91 Å². The monoisotopic (exact) mass is 181 g/mol. The molecule has 13 heavy (non-hydrogen) atoms. The zero-order valence-electron chi connectivity index (χ0n) is 8.27. The van der Waals surface area contributed by atoms with Crippen LogP contribution in [0, 0.1) is 0 Å². The van der Waals surface area contributed by atoms with E-state index in [9.17, 15) is 4.79 Å². The van der Waals surface area contributed by atoms with Crippen LogP contribution in [0.5, 0.6) is 0 Å². The van der Waals surface area contributed by atoms with Crippen molar-refractivity contribution in [2.24, 2.45) is 0 Å². The summed E-state index contributed by atoms with van der Waals surface area (Å²) in [6.45, 7) is 0. The maximum atomic E-state index is 11.4. The smallest absolute Gasteiger partial charge is 0.220 e. The summed E-state index contributed by atoms with van der Waals surface area (Å²) in [5.74, 6) is 0.291. The highest BCUT2D eigenvalue weighted by molar-refractivity contribution is 5.77. The first-order chi connectivity index (χ1) is 6.31. The third-order valence-corrected chi connectivity index (χ3v) is 3.52. The van der Waals surface area contributed by atoms with Crippen LogP contribution in [0.3, 0.4) is 0 Å². The fraction of sp³-hybridized carbons (Fsp3) is 0.909. The second-order valence-corrected chi connectivity index (χ2v) is 4.60. The van der Waals surface area contributed by atoms with Gasteiger partial charge in [-0.3, -0.25) is 4.79 Å². The van der Waals surface area contributed by atoms with Gasteiger partial charge in [-0.1, -0.05) is 25.7 Å². The summed E-state index contributed by atoms with van der Waals surface area (Å²) in [5, 5.41) is 3.26. The van der Waals surface area contributed by atoms with Crippen LogP contribution in [-0.2, 0) is 4.79 Å². The predicted molar refractivity (Wildman–Crippen MR) is 52.4 cm³/mol. The van der Waals surface area contributed by atoms with Crippen LogP contribution < -0.4 is 5.32 Å².